The van der Waals surface area contributed by atoms with Crippen LogP contribution in [0.2, 0.25) is 0 Å². The average Bonchev–Trinajstić information content (AvgIpc) is 3.07. The van der Waals surface area contributed by atoms with E-state index >= 15 is 0 Å². The third-order valence-corrected chi connectivity index (χ3v) is 5.79. The number of amides is 2. The molecule has 1 saturated heterocycles. The number of aromatic hydroxyl groups is 1. The van der Waals surface area contributed by atoms with E-state index < -0.39 is 46.0 Å². The van der Waals surface area contributed by atoms with Crippen LogP contribution in [0.1, 0.15) is 40.3 Å². The molecule has 9 nitrogen and oxygen atoms in total. The molecule has 0 bridgehead atoms. The van der Waals surface area contributed by atoms with E-state index in [0.29, 0.717) is 6.07 Å². The Balaban J connectivity index is 1.66. The van der Waals surface area contributed by atoms with E-state index in [1.165, 1.54) is 9.47 Å². The van der Waals surface area contributed by atoms with Crippen molar-refractivity contribution in [3.8, 4) is 5.75 Å². The largest absolute Gasteiger partial charge is 0.503 e. The van der Waals surface area contributed by atoms with Crippen molar-refractivity contribution in [2.75, 3.05) is 6.61 Å². The van der Waals surface area contributed by atoms with Crippen molar-refractivity contribution in [1.82, 2.24) is 14.8 Å². The number of hydrogen-bond acceptors (Lipinski definition) is 6. The van der Waals surface area contributed by atoms with E-state index in [2.05, 4.69) is 5.32 Å². The SMILES string of the molecule is CC(C)[C@H]1CO[C@]2(N)Cn3cc(C(=O)NCc4ccc(F)cc4F)c(=O)c(O)c3C(=O)N12. The Bertz CT molecular complexity index is 1180. The Kier molecular flexibility index (Phi) is 5.25. The van der Waals surface area contributed by atoms with Gasteiger partial charge in [0.15, 0.2) is 11.4 Å². The molecule has 0 spiro atoms. The minimum absolute atomic E-state index is 0.00727. The number of fused-ring (bicyclic) bond motifs is 2. The first-order valence-corrected chi connectivity index (χ1v) is 9.98. The van der Waals surface area contributed by atoms with Gasteiger partial charge in [0, 0.05) is 24.4 Å². The second-order valence-corrected chi connectivity index (χ2v) is 8.26. The average molecular weight is 448 g/mol. The smallest absolute Gasteiger partial charge is 0.278 e. The maximum Gasteiger partial charge on any atom is 0.278 e. The lowest BCUT2D eigenvalue weighted by molar-refractivity contribution is -0.0864. The predicted molar refractivity (Wildman–Crippen MR) is 108 cm³/mol. The summed E-state index contributed by atoms with van der Waals surface area (Å²) in [5.41, 5.74) is 4.52. The molecule has 0 unspecified atom stereocenters. The Morgan fingerprint density at radius 2 is 2.09 bits per heavy atom. The summed E-state index contributed by atoms with van der Waals surface area (Å²) in [4.78, 5) is 39.7. The highest BCUT2D eigenvalue weighted by Crippen LogP contribution is 2.36. The number of carbonyl (C=O) groups is 2. The van der Waals surface area contributed by atoms with Crippen molar-refractivity contribution in [3.63, 3.8) is 0 Å². The molecule has 3 heterocycles. The molecule has 32 heavy (non-hydrogen) atoms. The van der Waals surface area contributed by atoms with Crippen LogP contribution < -0.4 is 16.5 Å². The van der Waals surface area contributed by atoms with Crippen molar-refractivity contribution < 1.29 is 28.2 Å². The topological polar surface area (TPSA) is 127 Å². The number of nitrogens with two attached hydrogens (primary N) is 1. The van der Waals surface area contributed by atoms with E-state index in [0.717, 1.165) is 18.3 Å². The van der Waals surface area contributed by atoms with Gasteiger partial charge in [-0.3, -0.25) is 25.0 Å². The van der Waals surface area contributed by atoms with Crippen LogP contribution in [-0.2, 0) is 17.8 Å². The molecule has 1 aromatic heterocycles. The summed E-state index contributed by atoms with van der Waals surface area (Å²) < 4.78 is 33.7. The number of halogens is 2. The lowest BCUT2D eigenvalue weighted by Crippen LogP contribution is -2.64. The number of pyridine rings is 1. The predicted octanol–water partition coefficient (Wildman–Crippen LogP) is 0.885. The van der Waals surface area contributed by atoms with E-state index in [9.17, 15) is 28.3 Å². The van der Waals surface area contributed by atoms with Crippen molar-refractivity contribution in [2.45, 2.75) is 38.8 Å². The van der Waals surface area contributed by atoms with Gasteiger partial charge >= 0.3 is 0 Å². The van der Waals surface area contributed by atoms with Crippen LogP contribution in [0, 0.1) is 17.6 Å². The first-order valence-electron chi connectivity index (χ1n) is 9.98. The molecular weight excluding hydrogens is 426 g/mol. The zero-order valence-corrected chi connectivity index (χ0v) is 17.4. The van der Waals surface area contributed by atoms with Gasteiger partial charge in [0.1, 0.15) is 17.2 Å². The number of aromatic nitrogens is 1. The zero-order chi connectivity index (χ0) is 23.4. The van der Waals surface area contributed by atoms with Gasteiger partial charge in [-0.25, -0.2) is 8.78 Å². The summed E-state index contributed by atoms with van der Waals surface area (Å²) in [6, 6.07) is 2.53. The zero-order valence-electron chi connectivity index (χ0n) is 17.4. The lowest BCUT2D eigenvalue weighted by atomic mass is 10.0. The summed E-state index contributed by atoms with van der Waals surface area (Å²) in [5, 5.41) is 12.8. The van der Waals surface area contributed by atoms with Crippen LogP contribution in [0.4, 0.5) is 8.78 Å². The fraction of sp³-hybridized carbons (Fsp3) is 0.381. The molecule has 11 heteroatoms. The van der Waals surface area contributed by atoms with Crippen LogP contribution in [0.5, 0.6) is 5.75 Å². The first kappa shape index (κ1) is 21.9. The van der Waals surface area contributed by atoms with Crippen LogP contribution in [0.3, 0.4) is 0 Å². The molecule has 2 aromatic rings. The molecule has 0 saturated carbocycles. The highest BCUT2D eigenvalue weighted by molar-refractivity contribution is 5.99. The van der Waals surface area contributed by atoms with Gasteiger partial charge in [-0.05, 0) is 12.0 Å². The molecule has 0 radical (unpaired) electrons. The van der Waals surface area contributed by atoms with Crippen molar-refractivity contribution in [2.24, 2.45) is 11.7 Å². The van der Waals surface area contributed by atoms with Crippen LogP contribution in [0.15, 0.2) is 29.2 Å². The van der Waals surface area contributed by atoms with Crippen LogP contribution >= 0.6 is 0 Å². The van der Waals surface area contributed by atoms with E-state index in [-0.39, 0.29) is 42.9 Å². The van der Waals surface area contributed by atoms with Crippen LogP contribution in [0.25, 0.3) is 0 Å². The molecule has 1 aromatic carbocycles. The molecular formula is C21H22F2N4O5. The number of hydrogen-bond donors (Lipinski definition) is 3. The lowest BCUT2D eigenvalue weighted by Gasteiger charge is -2.42. The maximum atomic E-state index is 13.8. The molecule has 2 atom stereocenters. The monoisotopic (exact) mass is 448 g/mol. The van der Waals surface area contributed by atoms with Gasteiger partial charge in [-0.1, -0.05) is 19.9 Å². The summed E-state index contributed by atoms with van der Waals surface area (Å²) in [6.45, 7) is 3.55. The number of carbonyl (C=O) groups excluding carboxylic acids is 2. The number of nitrogens with zero attached hydrogens (tertiary/aromatic N) is 2. The van der Waals surface area contributed by atoms with E-state index in [1.807, 2.05) is 13.8 Å². The highest BCUT2D eigenvalue weighted by Gasteiger charge is 2.53. The first-order chi connectivity index (χ1) is 15.0. The minimum Gasteiger partial charge on any atom is -0.503 e. The van der Waals surface area contributed by atoms with Gasteiger partial charge in [-0.15, -0.1) is 0 Å². The summed E-state index contributed by atoms with van der Waals surface area (Å²) in [7, 11) is 0. The summed E-state index contributed by atoms with van der Waals surface area (Å²) >= 11 is 0. The fourth-order valence-electron chi connectivity index (χ4n) is 4.04. The molecule has 2 aliphatic heterocycles. The van der Waals surface area contributed by atoms with E-state index in [4.69, 9.17) is 10.5 Å². The number of ether oxygens (including phenoxy) is 1. The summed E-state index contributed by atoms with van der Waals surface area (Å²) in [5.74, 6) is -5.56. The molecule has 4 rings (SSSR count). The van der Waals surface area contributed by atoms with Gasteiger partial charge < -0.3 is 19.7 Å². The molecule has 2 aliphatic rings. The fourth-order valence-corrected chi connectivity index (χ4v) is 4.04. The number of nitrogens with one attached hydrogen (secondary N) is 1. The van der Waals surface area contributed by atoms with E-state index in [1.54, 1.807) is 0 Å². The Morgan fingerprint density at radius 3 is 2.75 bits per heavy atom. The van der Waals surface area contributed by atoms with Crippen molar-refractivity contribution in [3.05, 3.63) is 63.1 Å². The van der Waals surface area contributed by atoms with Gasteiger partial charge in [0.25, 0.3) is 11.8 Å². The minimum atomic E-state index is -1.49. The standard InChI is InChI=1S/C21H22F2N4O5/c1-10(2)15-8-32-21(24)9-26-7-13(17(28)18(29)16(26)20(31)27(15)21)19(30)25-6-11-3-4-12(22)5-14(11)23/h3-5,7,10,15,29H,6,8-9,24H2,1-2H3,(H,25,30)/t15-,21+/m1/s1. The quantitative estimate of drug-likeness (QED) is 0.638. The van der Waals surface area contributed by atoms with Crippen LogP contribution in [-0.4, -0.2) is 44.9 Å². The third-order valence-electron chi connectivity index (χ3n) is 5.79. The molecule has 170 valence electrons. The molecule has 4 N–H and O–H groups in total. The Labute approximate surface area is 181 Å². The van der Waals surface area contributed by atoms with Crippen molar-refractivity contribution in [1.29, 1.82) is 0 Å². The number of rotatable bonds is 4. The molecule has 0 aliphatic carbocycles. The van der Waals surface area contributed by atoms with Crippen molar-refractivity contribution >= 4 is 11.8 Å². The van der Waals surface area contributed by atoms with Gasteiger partial charge in [-0.2, -0.15) is 0 Å². The molecule has 2 amide bonds. The third kappa shape index (κ3) is 3.43. The Morgan fingerprint density at radius 1 is 1.38 bits per heavy atom. The second kappa shape index (κ2) is 7.68. The van der Waals surface area contributed by atoms with Gasteiger partial charge in [0.2, 0.25) is 11.3 Å². The molecule has 1 fully saturated rings. The summed E-state index contributed by atoms with van der Waals surface area (Å²) in [6.07, 6.45) is 1.11. The maximum absolute atomic E-state index is 13.8. The normalized spacial score (nSPS) is 22.1. The Hall–Kier alpha value is -3.31. The van der Waals surface area contributed by atoms with Gasteiger partial charge in [0.05, 0.1) is 19.2 Å². The number of benzene rings is 1. The second-order valence-electron chi connectivity index (χ2n) is 8.26. The highest BCUT2D eigenvalue weighted by atomic mass is 19.1.